The average Bonchev–Trinajstić information content (AvgIpc) is 1.89. The molecular weight excluding hydrogens is 118 g/mol. The SMILES string of the molecule is CCCNC[C@@H](O)CO. The molecule has 0 unspecified atom stereocenters. The van der Waals surface area contributed by atoms with Gasteiger partial charge in [-0.2, -0.15) is 0 Å². The summed E-state index contributed by atoms with van der Waals surface area (Å²) in [6.07, 6.45) is 0.453. The number of hydrogen-bond donors (Lipinski definition) is 3. The standard InChI is InChI=1S/C6H15NO2/c1-2-3-7-4-6(9)5-8/h6-9H,2-5H2,1H3/t6-/m1/s1. The van der Waals surface area contributed by atoms with Gasteiger partial charge in [-0.25, -0.2) is 0 Å². The molecule has 0 spiro atoms. The molecule has 0 saturated heterocycles. The third kappa shape index (κ3) is 5.76. The van der Waals surface area contributed by atoms with Gasteiger partial charge in [0.05, 0.1) is 12.7 Å². The zero-order valence-electron chi connectivity index (χ0n) is 5.80. The maximum absolute atomic E-state index is 8.77. The van der Waals surface area contributed by atoms with Crippen molar-refractivity contribution in [3.05, 3.63) is 0 Å². The number of rotatable bonds is 5. The molecule has 0 aromatic rings. The first-order chi connectivity index (χ1) is 4.31. The van der Waals surface area contributed by atoms with Crippen LogP contribution in [0.25, 0.3) is 0 Å². The highest BCUT2D eigenvalue weighted by Gasteiger charge is 1.97. The fourth-order valence-corrected chi connectivity index (χ4v) is 0.510. The summed E-state index contributed by atoms with van der Waals surface area (Å²) in [6.45, 7) is 3.29. The normalized spacial score (nSPS) is 13.7. The Labute approximate surface area is 55.7 Å². The molecule has 0 amide bonds. The van der Waals surface area contributed by atoms with Crippen LogP contribution in [0.15, 0.2) is 0 Å². The topological polar surface area (TPSA) is 52.5 Å². The molecule has 9 heavy (non-hydrogen) atoms. The number of aliphatic hydroxyl groups excluding tert-OH is 2. The predicted octanol–water partition coefficient (Wildman–Crippen LogP) is -0.661. The van der Waals surface area contributed by atoms with Crippen molar-refractivity contribution in [2.75, 3.05) is 19.7 Å². The van der Waals surface area contributed by atoms with Crippen molar-refractivity contribution in [2.24, 2.45) is 0 Å². The van der Waals surface area contributed by atoms with Crippen molar-refractivity contribution >= 4 is 0 Å². The highest BCUT2D eigenvalue weighted by molar-refractivity contribution is 4.55. The van der Waals surface area contributed by atoms with Gasteiger partial charge in [-0.1, -0.05) is 6.92 Å². The Morgan fingerprint density at radius 2 is 2.22 bits per heavy atom. The van der Waals surface area contributed by atoms with Crippen LogP contribution < -0.4 is 5.32 Å². The minimum Gasteiger partial charge on any atom is -0.394 e. The highest BCUT2D eigenvalue weighted by Crippen LogP contribution is 1.76. The van der Waals surface area contributed by atoms with Crippen molar-refractivity contribution in [1.82, 2.24) is 5.32 Å². The van der Waals surface area contributed by atoms with Gasteiger partial charge in [0.1, 0.15) is 0 Å². The van der Waals surface area contributed by atoms with E-state index in [-0.39, 0.29) is 6.61 Å². The quantitative estimate of drug-likeness (QED) is 0.436. The molecule has 0 rings (SSSR count). The Hall–Kier alpha value is -0.120. The van der Waals surface area contributed by atoms with E-state index < -0.39 is 6.10 Å². The molecule has 3 N–H and O–H groups in total. The number of hydrogen-bond acceptors (Lipinski definition) is 3. The van der Waals surface area contributed by atoms with E-state index in [1.807, 2.05) is 0 Å². The predicted molar refractivity (Wildman–Crippen MR) is 36.3 cm³/mol. The fraction of sp³-hybridized carbons (Fsp3) is 1.00. The summed E-state index contributed by atoms with van der Waals surface area (Å²) in [7, 11) is 0. The molecule has 3 heteroatoms. The highest BCUT2D eigenvalue weighted by atomic mass is 16.3. The second-order valence-corrected chi connectivity index (χ2v) is 2.04. The monoisotopic (exact) mass is 133 g/mol. The molecule has 0 aliphatic carbocycles. The molecular formula is C6H15NO2. The molecule has 0 bridgehead atoms. The van der Waals surface area contributed by atoms with Gasteiger partial charge in [0.15, 0.2) is 0 Å². The Kier molecular flexibility index (Phi) is 5.93. The van der Waals surface area contributed by atoms with E-state index in [0.717, 1.165) is 13.0 Å². The van der Waals surface area contributed by atoms with Crippen molar-refractivity contribution in [2.45, 2.75) is 19.4 Å². The lowest BCUT2D eigenvalue weighted by molar-refractivity contribution is 0.0946. The first kappa shape index (κ1) is 8.88. The molecule has 1 atom stereocenters. The minimum absolute atomic E-state index is 0.156. The summed E-state index contributed by atoms with van der Waals surface area (Å²) < 4.78 is 0. The maximum atomic E-state index is 8.77. The van der Waals surface area contributed by atoms with Crippen molar-refractivity contribution in [3.8, 4) is 0 Å². The van der Waals surface area contributed by atoms with Crippen LogP contribution in [0.5, 0.6) is 0 Å². The first-order valence-electron chi connectivity index (χ1n) is 3.31. The van der Waals surface area contributed by atoms with E-state index in [2.05, 4.69) is 12.2 Å². The average molecular weight is 133 g/mol. The van der Waals surface area contributed by atoms with Crippen LogP contribution in [-0.2, 0) is 0 Å². The summed E-state index contributed by atoms with van der Waals surface area (Å²) >= 11 is 0. The zero-order chi connectivity index (χ0) is 7.11. The van der Waals surface area contributed by atoms with Crippen LogP contribution in [0.4, 0.5) is 0 Å². The number of aliphatic hydroxyl groups is 2. The van der Waals surface area contributed by atoms with E-state index in [9.17, 15) is 0 Å². The fourth-order valence-electron chi connectivity index (χ4n) is 0.510. The summed E-state index contributed by atoms with van der Waals surface area (Å²) in [6, 6.07) is 0. The van der Waals surface area contributed by atoms with E-state index >= 15 is 0 Å². The molecule has 56 valence electrons. The molecule has 0 fully saturated rings. The Balaban J connectivity index is 2.88. The first-order valence-corrected chi connectivity index (χ1v) is 3.31. The second kappa shape index (κ2) is 6.01. The minimum atomic E-state index is -0.600. The lowest BCUT2D eigenvalue weighted by atomic mass is 10.3. The second-order valence-electron chi connectivity index (χ2n) is 2.04. The Morgan fingerprint density at radius 1 is 1.56 bits per heavy atom. The van der Waals surface area contributed by atoms with Crippen molar-refractivity contribution in [1.29, 1.82) is 0 Å². The summed E-state index contributed by atoms with van der Waals surface area (Å²) in [5.41, 5.74) is 0. The lowest BCUT2D eigenvalue weighted by Gasteiger charge is -2.06. The van der Waals surface area contributed by atoms with Gasteiger partial charge in [-0.05, 0) is 13.0 Å². The van der Waals surface area contributed by atoms with E-state index in [4.69, 9.17) is 10.2 Å². The summed E-state index contributed by atoms with van der Waals surface area (Å²) in [5, 5.41) is 20.1. The largest absolute Gasteiger partial charge is 0.394 e. The van der Waals surface area contributed by atoms with Gasteiger partial charge >= 0.3 is 0 Å². The lowest BCUT2D eigenvalue weighted by Crippen LogP contribution is -2.29. The van der Waals surface area contributed by atoms with Crippen LogP contribution in [-0.4, -0.2) is 36.0 Å². The molecule has 3 nitrogen and oxygen atoms in total. The molecule has 0 heterocycles. The third-order valence-electron chi connectivity index (χ3n) is 1.02. The van der Waals surface area contributed by atoms with Gasteiger partial charge in [0.25, 0.3) is 0 Å². The third-order valence-corrected chi connectivity index (χ3v) is 1.02. The van der Waals surface area contributed by atoms with Gasteiger partial charge < -0.3 is 15.5 Å². The van der Waals surface area contributed by atoms with Gasteiger partial charge in [-0.15, -0.1) is 0 Å². The van der Waals surface area contributed by atoms with Crippen LogP contribution in [0, 0.1) is 0 Å². The smallest absolute Gasteiger partial charge is 0.0894 e. The van der Waals surface area contributed by atoms with E-state index in [1.54, 1.807) is 0 Å². The van der Waals surface area contributed by atoms with Crippen LogP contribution in [0.2, 0.25) is 0 Å². The Bertz CT molecular complexity index is 59.0. The molecule has 0 radical (unpaired) electrons. The molecule has 0 aromatic carbocycles. The molecule has 0 aromatic heterocycles. The zero-order valence-corrected chi connectivity index (χ0v) is 5.80. The molecule has 0 aliphatic heterocycles. The van der Waals surface area contributed by atoms with Gasteiger partial charge in [0, 0.05) is 6.54 Å². The maximum Gasteiger partial charge on any atom is 0.0894 e. The van der Waals surface area contributed by atoms with Gasteiger partial charge in [-0.3, -0.25) is 0 Å². The van der Waals surface area contributed by atoms with Crippen LogP contribution in [0.1, 0.15) is 13.3 Å². The Morgan fingerprint density at radius 3 is 2.67 bits per heavy atom. The van der Waals surface area contributed by atoms with E-state index in [1.165, 1.54) is 0 Å². The van der Waals surface area contributed by atoms with E-state index in [0.29, 0.717) is 6.54 Å². The molecule has 0 aliphatic rings. The molecule has 0 saturated carbocycles. The number of nitrogens with one attached hydrogen (secondary N) is 1. The van der Waals surface area contributed by atoms with Crippen molar-refractivity contribution < 1.29 is 10.2 Å². The van der Waals surface area contributed by atoms with Crippen LogP contribution in [0.3, 0.4) is 0 Å². The summed E-state index contributed by atoms with van der Waals surface area (Å²) in [5.74, 6) is 0. The summed E-state index contributed by atoms with van der Waals surface area (Å²) in [4.78, 5) is 0. The van der Waals surface area contributed by atoms with Gasteiger partial charge in [0.2, 0.25) is 0 Å². The van der Waals surface area contributed by atoms with Crippen LogP contribution >= 0.6 is 0 Å². The van der Waals surface area contributed by atoms with Crippen molar-refractivity contribution in [3.63, 3.8) is 0 Å².